The average molecular weight is 293 g/mol. The second-order valence-corrected chi connectivity index (χ2v) is 5.58. The van der Waals surface area contributed by atoms with Crippen molar-refractivity contribution in [2.75, 3.05) is 5.73 Å². The predicted octanol–water partition coefficient (Wildman–Crippen LogP) is 1.47. The summed E-state index contributed by atoms with van der Waals surface area (Å²) in [5, 5.41) is 0.508. The van der Waals surface area contributed by atoms with E-state index in [-0.39, 0.29) is 16.7 Å². The number of carbonyl (C=O) groups is 2. The summed E-state index contributed by atoms with van der Waals surface area (Å²) in [6.07, 6.45) is -0.0750. The van der Waals surface area contributed by atoms with Gasteiger partial charge in [-0.3, -0.25) is 9.59 Å². The van der Waals surface area contributed by atoms with Gasteiger partial charge >= 0.3 is 0 Å². The topological polar surface area (TPSA) is 121 Å². The summed E-state index contributed by atoms with van der Waals surface area (Å²) in [6.45, 7) is 3.73. The minimum absolute atomic E-state index is 0.0750. The summed E-state index contributed by atoms with van der Waals surface area (Å²) < 4.78 is 6.17. The van der Waals surface area contributed by atoms with Crippen LogP contribution in [-0.4, -0.2) is 17.9 Å². The number of hydrogen-bond acceptors (Lipinski definition) is 5. The summed E-state index contributed by atoms with van der Waals surface area (Å²) in [5.74, 6) is -0.737. The molecule has 1 aromatic carbocycles. The van der Waals surface area contributed by atoms with Crippen LogP contribution in [0, 0.1) is 0 Å². The fraction of sp³-hybridized carbons (Fsp3) is 0.231. The number of nitrogens with two attached hydrogens (primary N) is 3. The van der Waals surface area contributed by atoms with E-state index in [1.165, 1.54) is 0 Å². The van der Waals surface area contributed by atoms with E-state index in [9.17, 15) is 9.59 Å². The number of fused-ring (bicyclic) bond motifs is 1. The van der Waals surface area contributed by atoms with Crippen molar-refractivity contribution in [1.82, 2.24) is 0 Å². The highest BCUT2D eigenvalue weighted by Gasteiger charge is 2.21. The number of nitrogen functional groups attached to an aromatic ring is 1. The lowest BCUT2D eigenvalue weighted by atomic mass is 10.1. The Morgan fingerprint density at radius 3 is 2.35 bits per heavy atom. The maximum Gasteiger partial charge on any atom is 0.260 e. The molecule has 0 aliphatic rings. The van der Waals surface area contributed by atoms with Crippen molar-refractivity contribution in [2.24, 2.45) is 11.5 Å². The van der Waals surface area contributed by atoms with Crippen LogP contribution in [0.1, 0.15) is 33.9 Å². The Labute approximate surface area is 119 Å². The summed E-state index contributed by atoms with van der Waals surface area (Å²) in [5.41, 5.74) is 17.1. The summed E-state index contributed by atoms with van der Waals surface area (Å²) in [4.78, 5) is 23.1. The van der Waals surface area contributed by atoms with Crippen LogP contribution in [0.2, 0.25) is 0 Å². The Balaban J connectivity index is 2.82. The lowest BCUT2D eigenvalue weighted by Gasteiger charge is -2.12. The Hall–Kier alpha value is -2.28. The van der Waals surface area contributed by atoms with Gasteiger partial charge in [0.15, 0.2) is 0 Å². The van der Waals surface area contributed by atoms with E-state index in [1.54, 1.807) is 12.1 Å². The van der Waals surface area contributed by atoms with Crippen molar-refractivity contribution in [3.8, 4) is 5.75 Å². The van der Waals surface area contributed by atoms with Gasteiger partial charge in [0.1, 0.15) is 10.6 Å². The molecule has 1 aromatic heterocycles. The smallest absolute Gasteiger partial charge is 0.260 e. The third kappa shape index (κ3) is 2.27. The summed E-state index contributed by atoms with van der Waals surface area (Å²) >= 11 is 1.05. The molecule has 2 rings (SSSR count). The molecule has 0 spiro atoms. The van der Waals surface area contributed by atoms with Crippen LogP contribution in [0.25, 0.3) is 10.1 Å². The van der Waals surface area contributed by atoms with Crippen LogP contribution in [-0.2, 0) is 0 Å². The van der Waals surface area contributed by atoms with Crippen LogP contribution in [0.4, 0.5) is 5.69 Å². The number of ether oxygens (including phenoxy) is 1. The van der Waals surface area contributed by atoms with Gasteiger partial charge in [0, 0.05) is 0 Å². The molecule has 6 nitrogen and oxygen atoms in total. The van der Waals surface area contributed by atoms with Gasteiger partial charge in [-0.25, -0.2) is 0 Å². The van der Waals surface area contributed by atoms with Gasteiger partial charge < -0.3 is 21.9 Å². The molecule has 7 heteroatoms. The molecule has 2 amide bonds. The van der Waals surface area contributed by atoms with E-state index < -0.39 is 11.8 Å². The van der Waals surface area contributed by atoms with Crippen LogP contribution in [0.5, 0.6) is 5.75 Å². The van der Waals surface area contributed by atoms with Crippen molar-refractivity contribution in [1.29, 1.82) is 0 Å². The molecule has 0 aliphatic heterocycles. The number of anilines is 1. The first kappa shape index (κ1) is 14.1. The highest BCUT2D eigenvalue weighted by Crippen LogP contribution is 2.41. The first-order chi connectivity index (χ1) is 9.32. The lowest BCUT2D eigenvalue weighted by Crippen LogP contribution is -2.12. The van der Waals surface area contributed by atoms with E-state index in [0.717, 1.165) is 11.3 Å². The fourth-order valence-electron chi connectivity index (χ4n) is 1.93. The molecule has 2 aromatic rings. The maximum absolute atomic E-state index is 11.5. The molecule has 6 N–H and O–H groups in total. The molecule has 0 fully saturated rings. The Kier molecular flexibility index (Phi) is 3.54. The first-order valence-electron chi connectivity index (χ1n) is 5.94. The fourth-order valence-corrected chi connectivity index (χ4v) is 3.03. The number of hydrogen-bond donors (Lipinski definition) is 3. The minimum Gasteiger partial charge on any atom is -0.490 e. The van der Waals surface area contributed by atoms with E-state index in [1.807, 2.05) is 13.8 Å². The molecule has 0 saturated heterocycles. The Morgan fingerprint density at radius 1 is 1.20 bits per heavy atom. The number of amides is 2. The van der Waals surface area contributed by atoms with Gasteiger partial charge in [-0.2, -0.15) is 0 Å². The largest absolute Gasteiger partial charge is 0.490 e. The number of rotatable bonds is 4. The van der Waals surface area contributed by atoms with Crippen LogP contribution in [0.15, 0.2) is 12.1 Å². The van der Waals surface area contributed by atoms with Crippen molar-refractivity contribution in [2.45, 2.75) is 20.0 Å². The van der Waals surface area contributed by atoms with Crippen LogP contribution in [0.3, 0.4) is 0 Å². The second-order valence-electron chi connectivity index (χ2n) is 4.56. The molecule has 106 valence electrons. The lowest BCUT2D eigenvalue weighted by molar-refractivity contribution is 0.0994. The number of primary amides is 2. The SMILES string of the molecule is CC(C)Oc1ccc(C(N)=O)c2sc(C(N)=O)c(N)c12. The van der Waals surface area contributed by atoms with E-state index >= 15 is 0 Å². The molecule has 0 aliphatic carbocycles. The number of carbonyl (C=O) groups excluding carboxylic acids is 2. The second kappa shape index (κ2) is 5.01. The van der Waals surface area contributed by atoms with Crippen molar-refractivity contribution in [3.63, 3.8) is 0 Å². The standard InChI is InChI=1S/C13H15N3O3S/c1-5(2)19-7-4-3-6(12(15)17)10-8(7)9(14)11(20-10)13(16)18/h3-5H,14H2,1-2H3,(H2,15,17)(H2,16,18). The molecule has 0 saturated carbocycles. The highest BCUT2D eigenvalue weighted by molar-refractivity contribution is 7.22. The quantitative estimate of drug-likeness (QED) is 0.790. The molecule has 0 unspecified atom stereocenters. The molecule has 20 heavy (non-hydrogen) atoms. The van der Waals surface area contributed by atoms with E-state index in [2.05, 4.69) is 0 Å². The number of benzene rings is 1. The van der Waals surface area contributed by atoms with Crippen molar-refractivity contribution in [3.05, 3.63) is 22.6 Å². The van der Waals surface area contributed by atoms with Crippen molar-refractivity contribution < 1.29 is 14.3 Å². The molecule has 0 radical (unpaired) electrons. The third-order valence-electron chi connectivity index (χ3n) is 2.69. The highest BCUT2D eigenvalue weighted by atomic mass is 32.1. The van der Waals surface area contributed by atoms with E-state index in [4.69, 9.17) is 21.9 Å². The van der Waals surface area contributed by atoms with Gasteiger partial charge in [0.05, 0.1) is 27.4 Å². The average Bonchev–Trinajstić information content (AvgIpc) is 2.67. The van der Waals surface area contributed by atoms with Gasteiger partial charge in [0.2, 0.25) is 5.91 Å². The predicted molar refractivity (Wildman–Crippen MR) is 79.0 cm³/mol. The van der Waals surface area contributed by atoms with Gasteiger partial charge in [-0.15, -0.1) is 11.3 Å². The number of thiophene rings is 1. The Morgan fingerprint density at radius 2 is 1.85 bits per heavy atom. The van der Waals surface area contributed by atoms with Gasteiger partial charge in [-0.05, 0) is 26.0 Å². The summed E-state index contributed by atoms with van der Waals surface area (Å²) in [6, 6.07) is 3.18. The Bertz CT molecular complexity index is 706. The van der Waals surface area contributed by atoms with Crippen LogP contribution < -0.4 is 21.9 Å². The van der Waals surface area contributed by atoms with Crippen LogP contribution >= 0.6 is 11.3 Å². The third-order valence-corrected chi connectivity index (χ3v) is 3.94. The maximum atomic E-state index is 11.5. The molecule has 1 heterocycles. The zero-order chi connectivity index (χ0) is 15.0. The van der Waals surface area contributed by atoms with Gasteiger partial charge in [0.25, 0.3) is 5.91 Å². The minimum atomic E-state index is -0.644. The molecule has 0 bridgehead atoms. The van der Waals surface area contributed by atoms with Gasteiger partial charge in [-0.1, -0.05) is 0 Å². The normalized spacial score (nSPS) is 10.9. The summed E-state index contributed by atoms with van der Waals surface area (Å²) in [7, 11) is 0. The van der Waals surface area contributed by atoms with E-state index in [0.29, 0.717) is 21.4 Å². The monoisotopic (exact) mass is 293 g/mol. The first-order valence-corrected chi connectivity index (χ1v) is 6.75. The molecular weight excluding hydrogens is 278 g/mol. The molecule has 0 atom stereocenters. The zero-order valence-electron chi connectivity index (χ0n) is 11.1. The van der Waals surface area contributed by atoms with Crippen molar-refractivity contribution >= 4 is 38.9 Å². The molecular formula is C13H15N3O3S. The zero-order valence-corrected chi connectivity index (χ0v) is 11.9.